The van der Waals surface area contributed by atoms with E-state index in [1.54, 1.807) is 0 Å². The Morgan fingerprint density at radius 3 is 3.20 bits per heavy atom. The monoisotopic (exact) mass is 142 g/mol. The largest absolute Gasteiger partial charge is 0.375 e. The molecule has 1 heterocycles. The summed E-state index contributed by atoms with van der Waals surface area (Å²) >= 11 is 0. The molecule has 0 radical (unpaired) electrons. The summed E-state index contributed by atoms with van der Waals surface area (Å²) < 4.78 is 5.18. The highest BCUT2D eigenvalue weighted by molar-refractivity contribution is 5.53. The molecule has 0 amide bonds. The topological polar surface area (TPSA) is 45.1 Å². The summed E-state index contributed by atoms with van der Waals surface area (Å²) in [6, 6.07) is 0. The first-order chi connectivity index (χ1) is 4.93. The first-order valence-electron chi connectivity index (χ1n) is 3.71. The van der Waals surface area contributed by atoms with Crippen LogP contribution >= 0.6 is 0 Å². The molecule has 0 aromatic carbocycles. The number of ether oxygens (including phenoxy) is 1. The molecule has 0 spiro atoms. The normalized spacial score (nSPS) is 25.0. The van der Waals surface area contributed by atoms with Crippen LogP contribution in [0.5, 0.6) is 0 Å². The summed E-state index contributed by atoms with van der Waals surface area (Å²) in [5.41, 5.74) is 0. The van der Waals surface area contributed by atoms with Gasteiger partial charge in [0.05, 0.1) is 13.2 Å². The highest BCUT2D eigenvalue weighted by Crippen LogP contribution is 2.06. The van der Waals surface area contributed by atoms with E-state index in [9.17, 15) is 0 Å². The van der Waals surface area contributed by atoms with Gasteiger partial charge in [-0.15, -0.1) is 0 Å². The lowest BCUT2D eigenvalue weighted by atomic mass is 10.1. The predicted molar refractivity (Wildman–Crippen MR) is 40.6 cm³/mol. The van der Waals surface area contributed by atoms with Gasteiger partial charge in [-0.05, 0) is 18.9 Å². The van der Waals surface area contributed by atoms with Gasteiger partial charge in [-0.25, -0.2) is 0 Å². The second kappa shape index (κ2) is 4.41. The van der Waals surface area contributed by atoms with E-state index in [-0.39, 0.29) is 0 Å². The second-order valence-corrected chi connectivity index (χ2v) is 2.60. The molecule has 0 saturated carbocycles. The van der Waals surface area contributed by atoms with Crippen molar-refractivity contribution >= 4 is 6.21 Å². The van der Waals surface area contributed by atoms with Gasteiger partial charge in [-0.1, -0.05) is 0 Å². The van der Waals surface area contributed by atoms with Gasteiger partial charge in [0.15, 0.2) is 0 Å². The highest BCUT2D eigenvalue weighted by atomic mass is 16.5. The fourth-order valence-electron chi connectivity index (χ4n) is 1.15. The van der Waals surface area contributed by atoms with Crippen molar-refractivity contribution in [1.82, 2.24) is 5.32 Å². The zero-order valence-corrected chi connectivity index (χ0v) is 6.10. The summed E-state index contributed by atoms with van der Waals surface area (Å²) in [5, 5.41) is 9.97. The summed E-state index contributed by atoms with van der Waals surface area (Å²) in [7, 11) is 0. The molecule has 1 fully saturated rings. The Balaban J connectivity index is 1.96. The van der Waals surface area contributed by atoms with Crippen LogP contribution in [0, 0.1) is 11.3 Å². The molecule has 1 unspecified atom stereocenters. The number of hydrogen-bond donors (Lipinski definition) is 2. The molecule has 3 nitrogen and oxygen atoms in total. The summed E-state index contributed by atoms with van der Waals surface area (Å²) in [6.07, 6.45) is 2.51. The van der Waals surface area contributed by atoms with Crippen molar-refractivity contribution in [1.29, 1.82) is 5.41 Å². The first kappa shape index (κ1) is 7.69. The van der Waals surface area contributed by atoms with Gasteiger partial charge in [0.2, 0.25) is 0 Å². The molecule has 0 bridgehead atoms. The Hall–Kier alpha value is -0.410. The Labute approximate surface area is 61.3 Å². The van der Waals surface area contributed by atoms with Crippen LogP contribution in [0.2, 0.25) is 0 Å². The van der Waals surface area contributed by atoms with E-state index < -0.39 is 0 Å². The predicted octanol–water partition coefficient (Wildman–Crippen LogP) is 0.262. The van der Waals surface area contributed by atoms with Crippen molar-refractivity contribution in [3.8, 4) is 0 Å². The van der Waals surface area contributed by atoms with Gasteiger partial charge in [-0.3, -0.25) is 0 Å². The fraction of sp³-hybridized carbons (Fsp3) is 0.857. The highest BCUT2D eigenvalue weighted by Gasteiger charge is 2.13. The van der Waals surface area contributed by atoms with Crippen molar-refractivity contribution in [3.05, 3.63) is 0 Å². The molecule has 1 aliphatic heterocycles. The van der Waals surface area contributed by atoms with Crippen LogP contribution in [-0.4, -0.2) is 32.5 Å². The molecule has 0 aliphatic carbocycles. The van der Waals surface area contributed by atoms with Gasteiger partial charge in [-0.2, -0.15) is 0 Å². The van der Waals surface area contributed by atoms with Gasteiger partial charge in [0.1, 0.15) is 0 Å². The smallest absolute Gasteiger partial charge is 0.0811 e. The summed E-state index contributed by atoms with van der Waals surface area (Å²) in [6.45, 7) is 3.48. The van der Waals surface area contributed by atoms with Crippen LogP contribution in [0.25, 0.3) is 0 Å². The van der Waals surface area contributed by atoms with Gasteiger partial charge in [0, 0.05) is 12.8 Å². The Morgan fingerprint density at radius 1 is 1.70 bits per heavy atom. The minimum atomic E-state index is 0.469. The zero-order valence-electron chi connectivity index (χ0n) is 6.10. The third-order valence-corrected chi connectivity index (χ3v) is 1.72. The maximum absolute atomic E-state index is 6.71. The number of nitrogens with one attached hydrogen (secondary N) is 2. The van der Waals surface area contributed by atoms with Crippen molar-refractivity contribution in [2.45, 2.75) is 6.42 Å². The molecule has 1 rings (SSSR count). The third kappa shape index (κ3) is 2.45. The van der Waals surface area contributed by atoms with E-state index in [4.69, 9.17) is 10.1 Å². The Morgan fingerprint density at radius 2 is 2.60 bits per heavy atom. The van der Waals surface area contributed by atoms with E-state index in [1.165, 1.54) is 12.6 Å². The molecule has 10 heavy (non-hydrogen) atoms. The standard InChI is InChI=1S/C7H14N2O/c8-2-4-10-6-7-1-3-9-5-7/h2,7-9H,1,3-6H2. The molecule has 58 valence electrons. The van der Waals surface area contributed by atoms with Crippen LogP contribution in [0.1, 0.15) is 6.42 Å². The Kier molecular flexibility index (Phi) is 3.40. The van der Waals surface area contributed by atoms with E-state index in [2.05, 4.69) is 5.32 Å². The van der Waals surface area contributed by atoms with Gasteiger partial charge >= 0.3 is 0 Å². The zero-order chi connectivity index (χ0) is 7.23. The van der Waals surface area contributed by atoms with Crippen LogP contribution in [0.3, 0.4) is 0 Å². The molecule has 1 aliphatic rings. The molecule has 1 atom stereocenters. The van der Waals surface area contributed by atoms with Crippen LogP contribution in [-0.2, 0) is 4.74 Å². The van der Waals surface area contributed by atoms with Crippen molar-refractivity contribution in [2.75, 3.05) is 26.3 Å². The first-order valence-corrected chi connectivity index (χ1v) is 3.71. The molecular weight excluding hydrogens is 128 g/mol. The SMILES string of the molecule is N=CCOCC1CCNC1. The quantitative estimate of drug-likeness (QED) is 0.437. The van der Waals surface area contributed by atoms with Crippen molar-refractivity contribution in [2.24, 2.45) is 5.92 Å². The fourth-order valence-corrected chi connectivity index (χ4v) is 1.15. The molecular formula is C7H14N2O. The maximum Gasteiger partial charge on any atom is 0.0811 e. The summed E-state index contributed by atoms with van der Waals surface area (Å²) in [4.78, 5) is 0. The molecule has 0 aromatic rings. The molecule has 0 aromatic heterocycles. The van der Waals surface area contributed by atoms with E-state index in [0.29, 0.717) is 12.5 Å². The average molecular weight is 142 g/mol. The minimum Gasteiger partial charge on any atom is -0.375 e. The van der Waals surface area contributed by atoms with Crippen LogP contribution < -0.4 is 5.32 Å². The van der Waals surface area contributed by atoms with Gasteiger partial charge in [0.25, 0.3) is 0 Å². The average Bonchev–Trinajstić information content (AvgIpc) is 2.41. The van der Waals surface area contributed by atoms with E-state index in [0.717, 1.165) is 19.7 Å². The van der Waals surface area contributed by atoms with E-state index >= 15 is 0 Å². The van der Waals surface area contributed by atoms with Crippen LogP contribution in [0.4, 0.5) is 0 Å². The van der Waals surface area contributed by atoms with Crippen molar-refractivity contribution < 1.29 is 4.74 Å². The number of hydrogen-bond acceptors (Lipinski definition) is 3. The van der Waals surface area contributed by atoms with Crippen LogP contribution in [0.15, 0.2) is 0 Å². The lowest BCUT2D eigenvalue weighted by Crippen LogP contribution is -2.14. The Bertz CT molecular complexity index is 99.8. The molecule has 3 heteroatoms. The third-order valence-electron chi connectivity index (χ3n) is 1.72. The van der Waals surface area contributed by atoms with E-state index in [1.807, 2.05) is 0 Å². The second-order valence-electron chi connectivity index (χ2n) is 2.60. The molecule has 2 N–H and O–H groups in total. The lowest BCUT2D eigenvalue weighted by molar-refractivity contribution is 0.139. The minimum absolute atomic E-state index is 0.469. The molecule has 1 saturated heterocycles. The lowest BCUT2D eigenvalue weighted by Gasteiger charge is -2.06. The number of rotatable bonds is 4. The summed E-state index contributed by atoms with van der Waals surface area (Å²) in [5.74, 6) is 0.681. The van der Waals surface area contributed by atoms with Gasteiger partial charge < -0.3 is 15.5 Å². The maximum atomic E-state index is 6.71. The van der Waals surface area contributed by atoms with Crippen molar-refractivity contribution in [3.63, 3.8) is 0 Å².